The minimum Gasteiger partial charge on any atom is -0.488 e. The van der Waals surface area contributed by atoms with Gasteiger partial charge in [-0.05, 0) is 46.6 Å². The summed E-state index contributed by atoms with van der Waals surface area (Å²) in [6.07, 6.45) is 0. The molecule has 0 aliphatic carbocycles. The van der Waals surface area contributed by atoms with Crippen LogP contribution in [0.4, 0.5) is 0 Å². The van der Waals surface area contributed by atoms with Crippen molar-refractivity contribution in [1.29, 1.82) is 0 Å². The number of ether oxygens (including phenoxy) is 1. The van der Waals surface area contributed by atoms with Crippen molar-refractivity contribution in [2.75, 3.05) is 0 Å². The third-order valence-corrected chi connectivity index (χ3v) is 3.30. The van der Waals surface area contributed by atoms with Gasteiger partial charge in [0, 0.05) is 5.02 Å². The highest BCUT2D eigenvalue weighted by Crippen LogP contribution is 2.28. The van der Waals surface area contributed by atoms with E-state index in [1.54, 1.807) is 6.07 Å². The van der Waals surface area contributed by atoms with Crippen LogP contribution in [0.3, 0.4) is 0 Å². The number of benzene rings is 2. The van der Waals surface area contributed by atoms with Gasteiger partial charge in [0.2, 0.25) is 0 Å². The first-order valence-corrected chi connectivity index (χ1v) is 6.45. The smallest absolute Gasteiger partial charge is 0.135 e. The van der Waals surface area contributed by atoms with E-state index in [9.17, 15) is 0 Å². The summed E-state index contributed by atoms with van der Waals surface area (Å²) in [5.41, 5.74) is 2.39. The van der Waals surface area contributed by atoms with Crippen molar-refractivity contribution < 1.29 is 4.74 Å². The molecule has 0 bridgehead atoms. The molecular formula is C14H12BrClO. The Morgan fingerprint density at radius 2 is 1.82 bits per heavy atom. The lowest BCUT2D eigenvalue weighted by molar-refractivity contribution is 0.304. The summed E-state index contributed by atoms with van der Waals surface area (Å²) in [4.78, 5) is 0. The molecular weight excluding hydrogens is 300 g/mol. The van der Waals surface area contributed by atoms with Gasteiger partial charge in [0.1, 0.15) is 12.4 Å². The van der Waals surface area contributed by atoms with Gasteiger partial charge in [0.15, 0.2) is 0 Å². The summed E-state index contributed by atoms with van der Waals surface area (Å²) in [6, 6.07) is 13.8. The summed E-state index contributed by atoms with van der Waals surface area (Å²) in [5, 5.41) is 0.673. The lowest BCUT2D eigenvalue weighted by Gasteiger charge is -2.08. The number of aryl methyl sites for hydroxylation is 1. The molecule has 1 nitrogen and oxygen atoms in total. The fraction of sp³-hybridized carbons (Fsp3) is 0.143. The average Bonchev–Trinajstić information content (AvgIpc) is 2.32. The Labute approximate surface area is 115 Å². The van der Waals surface area contributed by atoms with Gasteiger partial charge in [0.25, 0.3) is 0 Å². The van der Waals surface area contributed by atoms with E-state index in [1.807, 2.05) is 12.1 Å². The molecule has 0 aliphatic heterocycles. The fourth-order valence-corrected chi connectivity index (χ4v) is 1.96. The standard InChI is InChI=1S/C14H12BrClO/c1-10-2-4-11(5-3-10)9-17-14-8-12(16)6-7-13(14)15/h2-8H,9H2,1H3. The van der Waals surface area contributed by atoms with Gasteiger partial charge >= 0.3 is 0 Å². The van der Waals surface area contributed by atoms with Crippen molar-refractivity contribution in [2.45, 2.75) is 13.5 Å². The van der Waals surface area contributed by atoms with E-state index in [1.165, 1.54) is 5.56 Å². The van der Waals surface area contributed by atoms with Crippen molar-refractivity contribution in [3.8, 4) is 5.75 Å². The summed E-state index contributed by atoms with van der Waals surface area (Å²) in [5.74, 6) is 0.762. The molecule has 0 saturated carbocycles. The molecule has 88 valence electrons. The molecule has 0 saturated heterocycles. The third kappa shape index (κ3) is 3.48. The summed E-state index contributed by atoms with van der Waals surface area (Å²) >= 11 is 9.35. The molecule has 0 aliphatic rings. The van der Waals surface area contributed by atoms with Crippen LogP contribution in [0.25, 0.3) is 0 Å². The van der Waals surface area contributed by atoms with E-state index in [4.69, 9.17) is 16.3 Å². The fourth-order valence-electron chi connectivity index (χ4n) is 1.43. The topological polar surface area (TPSA) is 9.23 Å². The minimum atomic E-state index is 0.541. The van der Waals surface area contributed by atoms with Crippen molar-refractivity contribution in [2.24, 2.45) is 0 Å². The van der Waals surface area contributed by atoms with Crippen molar-refractivity contribution in [3.05, 3.63) is 63.1 Å². The van der Waals surface area contributed by atoms with Crippen LogP contribution >= 0.6 is 27.5 Å². The SMILES string of the molecule is Cc1ccc(COc2cc(Cl)ccc2Br)cc1. The second-order valence-electron chi connectivity index (χ2n) is 3.85. The zero-order chi connectivity index (χ0) is 12.3. The van der Waals surface area contributed by atoms with Gasteiger partial charge in [-0.3, -0.25) is 0 Å². The molecule has 0 spiro atoms. The number of hydrogen-bond acceptors (Lipinski definition) is 1. The molecule has 0 fully saturated rings. The summed E-state index contributed by atoms with van der Waals surface area (Å²) in [7, 11) is 0. The number of rotatable bonds is 3. The van der Waals surface area contributed by atoms with E-state index in [2.05, 4.69) is 47.1 Å². The molecule has 0 atom stereocenters. The third-order valence-electron chi connectivity index (χ3n) is 2.41. The van der Waals surface area contributed by atoms with Crippen LogP contribution in [0.5, 0.6) is 5.75 Å². The van der Waals surface area contributed by atoms with Crippen LogP contribution in [-0.4, -0.2) is 0 Å². The molecule has 17 heavy (non-hydrogen) atoms. The quantitative estimate of drug-likeness (QED) is 0.776. The maximum Gasteiger partial charge on any atom is 0.135 e. The molecule has 0 unspecified atom stereocenters. The van der Waals surface area contributed by atoms with E-state index >= 15 is 0 Å². The highest BCUT2D eigenvalue weighted by Gasteiger charge is 2.02. The second-order valence-corrected chi connectivity index (χ2v) is 5.14. The molecule has 0 heterocycles. The summed E-state index contributed by atoms with van der Waals surface area (Å²) < 4.78 is 6.62. The van der Waals surface area contributed by atoms with Crippen LogP contribution in [0.15, 0.2) is 46.9 Å². The van der Waals surface area contributed by atoms with Gasteiger partial charge in [-0.25, -0.2) is 0 Å². The Bertz CT molecular complexity index is 508. The van der Waals surface area contributed by atoms with Crippen molar-refractivity contribution in [3.63, 3.8) is 0 Å². The first kappa shape index (κ1) is 12.5. The van der Waals surface area contributed by atoms with Gasteiger partial charge in [-0.1, -0.05) is 41.4 Å². The minimum absolute atomic E-state index is 0.541. The lowest BCUT2D eigenvalue weighted by Crippen LogP contribution is -1.96. The van der Waals surface area contributed by atoms with E-state index < -0.39 is 0 Å². The van der Waals surface area contributed by atoms with E-state index in [0.29, 0.717) is 11.6 Å². The Hall–Kier alpha value is -0.990. The van der Waals surface area contributed by atoms with Gasteiger partial charge in [-0.2, -0.15) is 0 Å². The van der Waals surface area contributed by atoms with Gasteiger partial charge in [0.05, 0.1) is 4.47 Å². The van der Waals surface area contributed by atoms with Gasteiger partial charge in [-0.15, -0.1) is 0 Å². The zero-order valence-electron chi connectivity index (χ0n) is 9.41. The monoisotopic (exact) mass is 310 g/mol. The molecule has 0 radical (unpaired) electrons. The molecule has 2 aromatic rings. The molecule has 0 aromatic heterocycles. The first-order chi connectivity index (χ1) is 8.15. The van der Waals surface area contributed by atoms with Crippen LogP contribution in [0.1, 0.15) is 11.1 Å². The normalized spacial score (nSPS) is 10.3. The summed E-state index contributed by atoms with van der Waals surface area (Å²) in [6.45, 7) is 2.61. The average molecular weight is 312 g/mol. The lowest BCUT2D eigenvalue weighted by atomic mass is 10.2. The Balaban J connectivity index is 2.07. The van der Waals surface area contributed by atoms with Crippen molar-refractivity contribution >= 4 is 27.5 Å². The van der Waals surface area contributed by atoms with E-state index in [0.717, 1.165) is 15.8 Å². The Morgan fingerprint density at radius 1 is 1.12 bits per heavy atom. The maximum absolute atomic E-state index is 5.92. The van der Waals surface area contributed by atoms with Crippen LogP contribution < -0.4 is 4.74 Å². The van der Waals surface area contributed by atoms with Crippen molar-refractivity contribution in [1.82, 2.24) is 0 Å². The van der Waals surface area contributed by atoms with Crippen LogP contribution in [0, 0.1) is 6.92 Å². The predicted octanol–water partition coefficient (Wildman–Crippen LogP) is 4.99. The van der Waals surface area contributed by atoms with Gasteiger partial charge < -0.3 is 4.74 Å². The predicted molar refractivity (Wildman–Crippen MR) is 74.7 cm³/mol. The van der Waals surface area contributed by atoms with Crippen LogP contribution in [0.2, 0.25) is 5.02 Å². The number of hydrogen-bond donors (Lipinski definition) is 0. The van der Waals surface area contributed by atoms with E-state index in [-0.39, 0.29) is 0 Å². The number of halogens is 2. The Kier molecular flexibility index (Phi) is 4.08. The van der Waals surface area contributed by atoms with Crippen LogP contribution in [-0.2, 0) is 6.61 Å². The zero-order valence-corrected chi connectivity index (χ0v) is 11.8. The largest absolute Gasteiger partial charge is 0.488 e. The maximum atomic E-state index is 5.92. The molecule has 2 aromatic carbocycles. The first-order valence-electron chi connectivity index (χ1n) is 5.28. The highest BCUT2D eigenvalue weighted by molar-refractivity contribution is 9.10. The molecule has 0 N–H and O–H groups in total. The second kappa shape index (κ2) is 5.56. The molecule has 2 rings (SSSR count). The Morgan fingerprint density at radius 3 is 2.53 bits per heavy atom. The highest BCUT2D eigenvalue weighted by atomic mass is 79.9. The molecule has 3 heteroatoms. The molecule has 0 amide bonds.